The van der Waals surface area contributed by atoms with Crippen molar-refractivity contribution in [2.75, 3.05) is 57.1 Å². The number of pyridine rings is 2. The average molecular weight is 999 g/mol. The number of thioether (sulfide) groups is 2. The van der Waals surface area contributed by atoms with Crippen molar-refractivity contribution in [3.63, 3.8) is 0 Å². The number of carboxylic acid groups (broad SMARTS) is 2. The summed E-state index contributed by atoms with van der Waals surface area (Å²) in [6.07, 6.45) is 15.1. The lowest BCUT2D eigenvalue weighted by molar-refractivity contribution is -0.260. The summed E-state index contributed by atoms with van der Waals surface area (Å²) < 4.78 is 37.0. The van der Waals surface area contributed by atoms with Crippen LogP contribution in [0.4, 0.5) is 14.6 Å². The second-order valence-corrected chi connectivity index (χ2v) is 23.3. The van der Waals surface area contributed by atoms with Gasteiger partial charge in [0, 0.05) is 74.8 Å². The molecule has 2 aromatic heterocycles. The van der Waals surface area contributed by atoms with Crippen molar-refractivity contribution in [1.29, 1.82) is 0 Å². The van der Waals surface area contributed by atoms with Gasteiger partial charge in [-0.15, -0.1) is 23.5 Å². The van der Waals surface area contributed by atoms with E-state index in [0.717, 1.165) is 99.6 Å². The van der Waals surface area contributed by atoms with E-state index >= 15 is 0 Å². The molecular formula is C51H72F2N6O8S2. The molecule has 8 aliphatic rings. The van der Waals surface area contributed by atoms with Gasteiger partial charge >= 0.3 is 18.6 Å². The number of anilines is 1. The third-order valence-corrected chi connectivity index (χ3v) is 18.5. The van der Waals surface area contributed by atoms with Crippen LogP contribution in [-0.4, -0.2) is 131 Å². The molecule has 10 rings (SSSR count). The van der Waals surface area contributed by atoms with Gasteiger partial charge in [0.05, 0.1) is 23.1 Å². The lowest BCUT2D eigenvalue weighted by atomic mass is 9.52. The van der Waals surface area contributed by atoms with Crippen LogP contribution < -0.4 is 15.5 Å². The van der Waals surface area contributed by atoms with Crippen LogP contribution in [-0.2, 0) is 24.5 Å². The summed E-state index contributed by atoms with van der Waals surface area (Å²) in [7, 11) is 1.86. The maximum Gasteiger partial charge on any atom is 0.345 e. The Kier molecular flexibility index (Phi) is 17.5. The molecule has 380 valence electrons. The van der Waals surface area contributed by atoms with Crippen LogP contribution in [0, 0.1) is 23.7 Å². The number of piperidine rings is 1. The Balaban J connectivity index is 0.000000193. The maximum absolute atomic E-state index is 13.8. The molecular weight excluding hydrogens is 927 g/mol. The fourth-order valence-electron chi connectivity index (χ4n) is 12.8. The minimum atomic E-state index is -2.76. The minimum absolute atomic E-state index is 0.0198. The van der Waals surface area contributed by atoms with E-state index in [4.69, 9.17) is 19.4 Å². The molecule has 3 aliphatic heterocycles. The molecule has 4 N–H and O–H groups in total. The van der Waals surface area contributed by atoms with Gasteiger partial charge in [0.1, 0.15) is 15.9 Å². The molecule has 14 nitrogen and oxygen atoms in total. The smallest absolute Gasteiger partial charge is 0.345 e. The Morgan fingerprint density at radius 2 is 1.68 bits per heavy atom. The Bertz CT molecular complexity index is 2100. The second-order valence-electron chi connectivity index (χ2n) is 20.9. The number of carbonyl (C=O) groups is 4. The summed E-state index contributed by atoms with van der Waals surface area (Å²) in [5.41, 5.74) is 0.717. The van der Waals surface area contributed by atoms with Crippen molar-refractivity contribution in [3.05, 3.63) is 41.1 Å². The maximum atomic E-state index is 13.8. The molecule has 5 saturated carbocycles. The van der Waals surface area contributed by atoms with Crippen LogP contribution >= 0.6 is 23.5 Å². The number of hydrogen-bond donors (Lipinski definition) is 4. The molecule has 18 heteroatoms. The fourth-order valence-corrected chi connectivity index (χ4v) is 15.0. The van der Waals surface area contributed by atoms with Crippen molar-refractivity contribution < 1.29 is 47.6 Å². The Morgan fingerprint density at radius 1 is 0.942 bits per heavy atom. The number of amides is 2. The van der Waals surface area contributed by atoms with Gasteiger partial charge in [-0.1, -0.05) is 26.2 Å². The summed E-state index contributed by atoms with van der Waals surface area (Å²) in [6, 6.07) is 7.66. The van der Waals surface area contributed by atoms with E-state index < -0.39 is 29.6 Å². The third-order valence-electron chi connectivity index (χ3n) is 15.9. The predicted molar refractivity (Wildman–Crippen MR) is 261 cm³/mol. The first kappa shape index (κ1) is 51.8. The van der Waals surface area contributed by atoms with Gasteiger partial charge in [-0.3, -0.25) is 19.2 Å². The van der Waals surface area contributed by atoms with Gasteiger partial charge in [-0.25, -0.2) is 9.97 Å². The summed E-state index contributed by atoms with van der Waals surface area (Å²) in [5.74, 6) is 0.768. The molecule has 3 saturated heterocycles. The number of aromatic nitrogens is 2. The summed E-state index contributed by atoms with van der Waals surface area (Å²) in [4.78, 5) is 63.7. The number of alkyl halides is 2. The quantitative estimate of drug-likeness (QED) is 0.111. The Labute approximate surface area is 414 Å². The Hall–Kier alpha value is -3.58. The number of aliphatic carboxylic acids is 2. The number of halogens is 2. The number of ether oxygens (including phenoxy) is 2. The first-order valence-corrected chi connectivity index (χ1v) is 27.4. The molecule has 0 radical (unpaired) electrons. The van der Waals surface area contributed by atoms with E-state index in [1.165, 1.54) is 19.3 Å². The zero-order valence-corrected chi connectivity index (χ0v) is 41.9. The van der Waals surface area contributed by atoms with Gasteiger partial charge in [-0.2, -0.15) is 8.78 Å². The van der Waals surface area contributed by atoms with Crippen LogP contribution in [0.5, 0.6) is 0 Å². The molecule has 4 bridgehead atoms. The standard InChI is InChI=1S/C29H39F2N3O4S.C22H33N3O4S/c30-28(31)38-29-13-18-10-19(14-29)25(20(11-18)15-29)33-26(37)22-6-7-23(34-9-8-17(16-34)12-24(35)36)32-27(22)39-21-4-2-1-3-5-21;1-3-13-30-20-17(21(28)25(2)16-7-11-29-12-8-16)5-6-18(24-20)22(14-19(26)27)9-4-10-23-15-22/h6-7,17-21,25,28H,1-5,8-16H2,(H,33,37)(H,35,36);5-6,16,23H,3-4,7-15H2,1-2H3,(H,26,27)/t17-,18?,19?,20?,25-,29+;22-/m00/s1. The van der Waals surface area contributed by atoms with E-state index in [2.05, 4.69) is 22.5 Å². The highest BCUT2D eigenvalue weighted by Crippen LogP contribution is 2.57. The van der Waals surface area contributed by atoms with Gasteiger partial charge in [0.25, 0.3) is 11.8 Å². The highest BCUT2D eigenvalue weighted by Gasteiger charge is 2.57. The van der Waals surface area contributed by atoms with E-state index in [0.29, 0.717) is 72.9 Å². The van der Waals surface area contributed by atoms with Crippen molar-refractivity contribution in [3.8, 4) is 0 Å². The normalized spacial score (nSPS) is 29.1. The van der Waals surface area contributed by atoms with Crippen molar-refractivity contribution in [1.82, 2.24) is 25.5 Å². The highest BCUT2D eigenvalue weighted by atomic mass is 32.2. The van der Waals surface area contributed by atoms with Gasteiger partial charge < -0.3 is 40.1 Å². The van der Waals surface area contributed by atoms with Crippen LogP contribution in [0.15, 0.2) is 34.3 Å². The molecule has 8 fully saturated rings. The number of nitrogens with one attached hydrogen (secondary N) is 2. The van der Waals surface area contributed by atoms with Gasteiger partial charge in [-0.05, 0) is 144 Å². The fraction of sp³-hybridized carbons (Fsp3) is 0.725. The molecule has 0 spiro atoms. The number of nitrogens with zero attached hydrogens (tertiary/aromatic N) is 4. The first-order chi connectivity index (χ1) is 33.2. The molecule has 4 atom stereocenters. The summed E-state index contributed by atoms with van der Waals surface area (Å²) >= 11 is 3.29. The van der Waals surface area contributed by atoms with E-state index in [-0.39, 0.29) is 54.5 Å². The molecule has 69 heavy (non-hydrogen) atoms. The van der Waals surface area contributed by atoms with Gasteiger partial charge in [0.2, 0.25) is 0 Å². The highest BCUT2D eigenvalue weighted by molar-refractivity contribution is 8.00. The SMILES string of the molecule is CCCSc1nc([C@]2(CC(=O)O)CCCNC2)ccc1C(=O)N(C)C1CCOCC1.O=C(O)C[C@@H]1CCN(c2ccc(C(=O)N[C@H]3C4CC5CC3C[C@@](OC(F)F)(C5)C4)c(SC3CCCCC3)n2)C1. The topological polar surface area (TPSA) is 184 Å². The first-order valence-electron chi connectivity index (χ1n) is 25.6. The van der Waals surface area contributed by atoms with Crippen LogP contribution in [0.2, 0.25) is 0 Å². The molecule has 5 aliphatic carbocycles. The Morgan fingerprint density at radius 3 is 2.35 bits per heavy atom. The molecule has 2 aromatic rings. The zero-order valence-electron chi connectivity index (χ0n) is 40.3. The summed E-state index contributed by atoms with van der Waals surface area (Å²) in [6.45, 7) is 3.62. The van der Waals surface area contributed by atoms with E-state index in [1.54, 1.807) is 23.5 Å². The van der Waals surface area contributed by atoms with Gasteiger partial charge in [0.15, 0.2) is 0 Å². The number of carbonyl (C=O) groups excluding carboxylic acids is 2. The number of hydrogen-bond acceptors (Lipinski definition) is 12. The zero-order chi connectivity index (χ0) is 48.7. The van der Waals surface area contributed by atoms with Crippen molar-refractivity contribution >= 4 is 53.1 Å². The third kappa shape index (κ3) is 12.7. The second kappa shape index (κ2) is 23.3. The van der Waals surface area contributed by atoms with E-state index in [1.807, 2.05) is 36.2 Å². The molecule has 0 aromatic carbocycles. The molecule has 5 heterocycles. The monoisotopic (exact) mass is 998 g/mol. The van der Waals surface area contributed by atoms with Crippen molar-refractivity contribution in [2.24, 2.45) is 23.7 Å². The average Bonchev–Trinajstić information content (AvgIpc) is 3.79. The summed E-state index contributed by atoms with van der Waals surface area (Å²) in [5, 5.41) is 27.3. The van der Waals surface area contributed by atoms with E-state index in [9.17, 15) is 38.2 Å². The number of rotatable bonds is 17. The predicted octanol–water partition coefficient (Wildman–Crippen LogP) is 8.65. The van der Waals surface area contributed by atoms with Crippen molar-refractivity contribution in [2.45, 2.75) is 168 Å². The lowest BCUT2D eigenvalue weighted by Crippen LogP contribution is -2.62. The molecule has 2 amide bonds. The van der Waals surface area contributed by atoms with Crippen LogP contribution in [0.1, 0.15) is 149 Å². The number of carboxylic acids is 2. The van der Waals surface area contributed by atoms with Crippen LogP contribution in [0.25, 0.3) is 0 Å². The minimum Gasteiger partial charge on any atom is -0.481 e. The molecule has 2 unspecified atom stereocenters. The van der Waals surface area contributed by atoms with Crippen LogP contribution in [0.3, 0.4) is 0 Å². The lowest BCUT2D eigenvalue weighted by Gasteiger charge is -2.59. The largest absolute Gasteiger partial charge is 0.481 e.